The minimum atomic E-state index is 0.187. The zero-order chi connectivity index (χ0) is 19.5. The van der Waals surface area contributed by atoms with Crippen molar-refractivity contribution in [3.05, 3.63) is 65.2 Å². The lowest BCUT2D eigenvalue weighted by atomic mass is 10.0. The first-order valence-electron chi connectivity index (χ1n) is 10.5. The number of benzene rings is 2. The molecule has 0 radical (unpaired) electrons. The van der Waals surface area contributed by atoms with E-state index in [1.807, 2.05) is 31.2 Å². The van der Waals surface area contributed by atoms with Gasteiger partial charge in [-0.25, -0.2) is 0 Å². The topological polar surface area (TPSA) is 26.8 Å². The maximum absolute atomic E-state index is 13.0. The number of carbonyl (C=O) groups excluding carboxylic acids is 1. The SMILES string of the molecule is Cc1cccc(C(=O)N2CCCC(N3CCN(c4ccccc4C)CC3)C2)c1. The highest BCUT2D eigenvalue weighted by atomic mass is 16.2. The van der Waals surface area contributed by atoms with Crippen LogP contribution in [0.3, 0.4) is 0 Å². The summed E-state index contributed by atoms with van der Waals surface area (Å²) in [6.45, 7) is 10.3. The molecular weight excluding hydrogens is 346 g/mol. The van der Waals surface area contributed by atoms with E-state index >= 15 is 0 Å². The molecule has 2 heterocycles. The Hall–Kier alpha value is -2.33. The van der Waals surface area contributed by atoms with Gasteiger partial charge in [0.05, 0.1) is 0 Å². The van der Waals surface area contributed by atoms with E-state index in [1.165, 1.54) is 17.7 Å². The molecule has 1 amide bonds. The lowest BCUT2D eigenvalue weighted by Gasteiger charge is -2.44. The Kier molecular flexibility index (Phi) is 5.67. The van der Waals surface area contributed by atoms with Crippen LogP contribution in [0, 0.1) is 13.8 Å². The van der Waals surface area contributed by atoms with Gasteiger partial charge in [-0.2, -0.15) is 0 Å². The third-order valence-corrected chi connectivity index (χ3v) is 6.24. The lowest BCUT2D eigenvalue weighted by Crippen LogP contribution is -2.56. The minimum absolute atomic E-state index is 0.187. The molecule has 2 aromatic carbocycles. The Morgan fingerprint density at radius 3 is 2.46 bits per heavy atom. The number of piperidine rings is 1. The number of aryl methyl sites for hydroxylation is 2. The van der Waals surface area contributed by atoms with Crippen molar-refractivity contribution < 1.29 is 4.79 Å². The molecule has 2 aliphatic rings. The quantitative estimate of drug-likeness (QED) is 0.815. The van der Waals surface area contributed by atoms with Crippen LogP contribution < -0.4 is 4.90 Å². The Bertz CT molecular complexity index is 826. The van der Waals surface area contributed by atoms with Gasteiger partial charge in [0.2, 0.25) is 0 Å². The highest BCUT2D eigenvalue weighted by Crippen LogP contribution is 2.24. The van der Waals surface area contributed by atoms with Crippen molar-refractivity contribution in [1.82, 2.24) is 9.80 Å². The van der Waals surface area contributed by atoms with Gasteiger partial charge in [-0.05, 0) is 50.5 Å². The first-order valence-corrected chi connectivity index (χ1v) is 10.5. The molecule has 1 unspecified atom stereocenters. The maximum Gasteiger partial charge on any atom is 0.253 e. The molecule has 2 aromatic rings. The average Bonchev–Trinajstić information content (AvgIpc) is 2.74. The minimum Gasteiger partial charge on any atom is -0.369 e. The molecule has 4 heteroatoms. The molecule has 148 valence electrons. The fourth-order valence-corrected chi connectivity index (χ4v) is 4.64. The van der Waals surface area contributed by atoms with E-state index in [9.17, 15) is 4.79 Å². The average molecular weight is 378 g/mol. The monoisotopic (exact) mass is 377 g/mol. The second kappa shape index (κ2) is 8.36. The van der Waals surface area contributed by atoms with Gasteiger partial charge in [0.25, 0.3) is 5.91 Å². The van der Waals surface area contributed by atoms with E-state index < -0.39 is 0 Å². The van der Waals surface area contributed by atoms with Crippen LogP contribution in [0.15, 0.2) is 48.5 Å². The van der Waals surface area contributed by atoms with Gasteiger partial charge in [0.15, 0.2) is 0 Å². The van der Waals surface area contributed by atoms with Crippen molar-refractivity contribution in [3.8, 4) is 0 Å². The highest BCUT2D eigenvalue weighted by molar-refractivity contribution is 5.94. The Morgan fingerprint density at radius 2 is 1.71 bits per heavy atom. The van der Waals surface area contributed by atoms with E-state index in [-0.39, 0.29) is 5.91 Å². The molecule has 0 aromatic heterocycles. The molecule has 0 bridgehead atoms. The standard InChI is InChI=1S/C24H31N3O/c1-19-7-5-9-21(17-19)24(28)27-12-6-10-22(18-27)25-13-15-26(16-14-25)23-11-4-3-8-20(23)2/h3-5,7-9,11,17,22H,6,10,12-16,18H2,1-2H3. The molecule has 0 N–H and O–H groups in total. The largest absolute Gasteiger partial charge is 0.369 e. The first-order chi connectivity index (χ1) is 13.6. The third kappa shape index (κ3) is 4.07. The number of hydrogen-bond acceptors (Lipinski definition) is 3. The highest BCUT2D eigenvalue weighted by Gasteiger charge is 2.30. The van der Waals surface area contributed by atoms with Gasteiger partial charge in [-0.1, -0.05) is 35.9 Å². The summed E-state index contributed by atoms with van der Waals surface area (Å²) >= 11 is 0. The van der Waals surface area contributed by atoms with Crippen molar-refractivity contribution in [2.24, 2.45) is 0 Å². The van der Waals surface area contributed by atoms with Crippen LogP contribution in [0.5, 0.6) is 0 Å². The van der Waals surface area contributed by atoms with Gasteiger partial charge < -0.3 is 9.80 Å². The molecule has 1 atom stereocenters. The Labute approximate surface area is 168 Å². The van der Waals surface area contributed by atoms with Crippen LogP contribution in [0.4, 0.5) is 5.69 Å². The number of para-hydroxylation sites is 1. The summed E-state index contributed by atoms with van der Waals surface area (Å²) in [7, 11) is 0. The smallest absolute Gasteiger partial charge is 0.253 e. The van der Waals surface area contributed by atoms with Crippen LogP contribution in [0.2, 0.25) is 0 Å². The zero-order valence-corrected chi connectivity index (χ0v) is 17.1. The van der Waals surface area contributed by atoms with Gasteiger partial charge >= 0.3 is 0 Å². The van der Waals surface area contributed by atoms with E-state index in [2.05, 4.69) is 45.9 Å². The van der Waals surface area contributed by atoms with Gasteiger partial charge in [-0.15, -0.1) is 0 Å². The number of carbonyl (C=O) groups is 1. The molecule has 2 saturated heterocycles. The summed E-state index contributed by atoms with van der Waals surface area (Å²) < 4.78 is 0. The maximum atomic E-state index is 13.0. The molecule has 4 rings (SSSR count). The summed E-state index contributed by atoms with van der Waals surface area (Å²) in [4.78, 5) is 20.1. The van der Waals surface area contributed by atoms with Gasteiger partial charge in [-0.3, -0.25) is 9.69 Å². The summed E-state index contributed by atoms with van der Waals surface area (Å²) in [5, 5.41) is 0. The van der Waals surface area contributed by atoms with Crippen molar-refractivity contribution in [2.75, 3.05) is 44.2 Å². The third-order valence-electron chi connectivity index (χ3n) is 6.24. The van der Waals surface area contributed by atoms with Crippen molar-refractivity contribution in [2.45, 2.75) is 32.7 Å². The van der Waals surface area contributed by atoms with Crippen LogP contribution >= 0.6 is 0 Å². The van der Waals surface area contributed by atoms with Crippen molar-refractivity contribution in [3.63, 3.8) is 0 Å². The van der Waals surface area contributed by atoms with Gasteiger partial charge in [0, 0.05) is 56.6 Å². The van der Waals surface area contributed by atoms with Crippen LogP contribution in [-0.2, 0) is 0 Å². The molecule has 0 spiro atoms. The number of rotatable bonds is 3. The molecule has 2 aliphatic heterocycles. The second-order valence-corrected chi connectivity index (χ2v) is 8.23. The summed E-state index contributed by atoms with van der Waals surface area (Å²) in [6, 6.07) is 17.1. The molecule has 0 saturated carbocycles. The fourth-order valence-electron chi connectivity index (χ4n) is 4.64. The molecule has 28 heavy (non-hydrogen) atoms. The Morgan fingerprint density at radius 1 is 0.929 bits per heavy atom. The van der Waals surface area contributed by atoms with E-state index in [0.717, 1.165) is 56.8 Å². The number of nitrogens with zero attached hydrogens (tertiary/aromatic N) is 3. The predicted octanol–water partition coefficient (Wildman–Crippen LogP) is 3.73. The zero-order valence-electron chi connectivity index (χ0n) is 17.1. The molecule has 4 nitrogen and oxygen atoms in total. The van der Waals surface area contributed by atoms with E-state index in [4.69, 9.17) is 0 Å². The predicted molar refractivity (Wildman–Crippen MR) is 115 cm³/mol. The summed E-state index contributed by atoms with van der Waals surface area (Å²) in [5.41, 5.74) is 4.68. The van der Waals surface area contributed by atoms with Gasteiger partial charge in [0.1, 0.15) is 0 Å². The lowest BCUT2D eigenvalue weighted by molar-refractivity contribution is 0.0563. The van der Waals surface area contributed by atoms with E-state index in [1.54, 1.807) is 0 Å². The Balaban J connectivity index is 1.37. The number of likely N-dealkylation sites (tertiary alicyclic amines) is 1. The van der Waals surface area contributed by atoms with Crippen molar-refractivity contribution >= 4 is 11.6 Å². The van der Waals surface area contributed by atoms with Crippen LogP contribution in [0.25, 0.3) is 0 Å². The van der Waals surface area contributed by atoms with Crippen LogP contribution in [0.1, 0.15) is 34.3 Å². The molecule has 2 fully saturated rings. The summed E-state index contributed by atoms with van der Waals surface area (Å²) in [5.74, 6) is 0.187. The second-order valence-electron chi connectivity index (χ2n) is 8.23. The number of amides is 1. The fraction of sp³-hybridized carbons (Fsp3) is 0.458. The molecular formula is C24H31N3O. The summed E-state index contributed by atoms with van der Waals surface area (Å²) in [6.07, 6.45) is 2.29. The van der Waals surface area contributed by atoms with Crippen LogP contribution in [-0.4, -0.2) is 61.0 Å². The number of anilines is 1. The van der Waals surface area contributed by atoms with E-state index in [0.29, 0.717) is 6.04 Å². The number of hydrogen-bond donors (Lipinski definition) is 0. The van der Waals surface area contributed by atoms with Crippen molar-refractivity contribution in [1.29, 1.82) is 0 Å². The first kappa shape index (κ1) is 19.0. The normalized spacial score (nSPS) is 21.0. The molecule has 0 aliphatic carbocycles. The number of piperazine rings is 1.